The van der Waals surface area contributed by atoms with Gasteiger partial charge in [0.05, 0.1) is 25.4 Å². The number of carbonyl (C=O) groups is 2. The monoisotopic (exact) mass is 1020 g/mol. The van der Waals surface area contributed by atoms with Gasteiger partial charge < -0.3 is 45.1 Å². The van der Waals surface area contributed by atoms with E-state index in [2.05, 4.69) is 50.4 Å². The van der Waals surface area contributed by atoms with Crippen LogP contribution < -0.4 is 5.32 Å². The first kappa shape index (κ1) is 67.9. The maximum atomic E-state index is 13.4. The fourth-order valence-corrected chi connectivity index (χ4v) is 9.51. The van der Waals surface area contributed by atoms with E-state index in [4.69, 9.17) is 14.2 Å². The van der Waals surface area contributed by atoms with Crippen LogP contribution in [0.3, 0.4) is 0 Å². The molecular weight excluding hydrogens is 907 g/mol. The van der Waals surface area contributed by atoms with Crippen molar-refractivity contribution < 1.29 is 49.3 Å². The molecule has 0 aromatic rings. The quantitative estimate of drug-likeness (QED) is 0.0195. The third kappa shape index (κ3) is 37.6. The first-order valence-corrected chi connectivity index (χ1v) is 30.3. The Morgan fingerprint density at radius 3 is 1.49 bits per heavy atom. The number of allylic oxidation sites excluding steroid dienone is 5. The number of aliphatic hydroxyl groups excluding tert-OH is 5. The van der Waals surface area contributed by atoms with Crippen LogP contribution in [0.5, 0.6) is 0 Å². The minimum absolute atomic E-state index is 0.116. The van der Waals surface area contributed by atoms with Gasteiger partial charge in [0, 0.05) is 6.42 Å². The first-order valence-electron chi connectivity index (χ1n) is 30.3. The molecule has 0 aromatic heterocycles. The summed E-state index contributed by atoms with van der Waals surface area (Å²) >= 11 is 0. The maximum absolute atomic E-state index is 13.4. The highest BCUT2D eigenvalue weighted by Gasteiger charge is 2.47. The molecule has 8 unspecified atom stereocenters. The molecule has 0 saturated carbocycles. The van der Waals surface area contributed by atoms with Crippen LogP contribution in [0, 0.1) is 0 Å². The van der Waals surface area contributed by atoms with Gasteiger partial charge in [0.25, 0.3) is 0 Å². The molecule has 1 rings (SSSR count). The Kier molecular flexibility index (Phi) is 46.9. The van der Waals surface area contributed by atoms with E-state index in [9.17, 15) is 35.1 Å². The second kappa shape index (κ2) is 49.7. The fraction of sp³-hybridized carbons (Fsp3) is 0.869. The van der Waals surface area contributed by atoms with Crippen molar-refractivity contribution in [2.45, 2.75) is 327 Å². The largest absolute Gasteiger partial charge is 0.454 e. The molecule has 11 heteroatoms. The molecule has 0 radical (unpaired) electrons. The standard InChI is InChI=1S/C61H113NO10/c1-4-7-10-13-16-19-22-25-27-28-30-33-36-39-42-45-48-54(65)60(69)62-52(53(64)47-44-41-38-35-32-29-24-21-18-15-12-9-6-3)51-70-61-59(58(68)57(67)55(50-63)71-61)72-56(66)49-46-43-40-37-34-31-26-23-20-17-14-11-8-5-2/h8,11,17,20,44,47,52-55,57-59,61,63-65,67-68H,4-7,9-10,12-16,18-19,21-43,45-46,48-51H2,1-3H3,(H,62,69)/b11-8+,20-17+,47-44+. The highest BCUT2D eigenvalue weighted by atomic mass is 16.7. The number of rotatable bonds is 51. The van der Waals surface area contributed by atoms with Gasteiger partial charge in [0.2, 0.25) is 5.91 Å². The lowest BCUT2D eigenvalue weighted by molar-refractivity contribution is -0.305. The van der Waals surface area contributed by atoms with Gasteiger partial charge in [-0.1, -0.05) is 256 Å². The summed E-state index contributed by atoms with van der Waals surface area (Å²) in [5, 5.41) is 56.9. The lowest BCUT2D eigenvalue weighted by Gasteiger charge is -2.41. The zero-order chi connectivity index (χ0) is 52.5. The molecule has 0 bridgehead atoms. The molecule has 1 saturated heterocycles. The number of unbranched alkanes of at least 4 members (excludes halogenated alkanes) is 33. The normalized spacial score (nSPS) is 19.7. The van der Waals surface area contributed by atoms with Crippen molar-refractivity contribution in [3.8, 4) is 0 Å². The van der Waals surface area contributed by atoms with Crippen molar-refractivity contribution in [2.24, 2.45) is 0 Å². The van der Waals surface area contributed by atoms with Crippen LogP contribution in [0.15, 0.2) is 36.5 Å². The maximum Gasteiger partial charge on any atom is 0.306 e. The molecule has 0 aliphatic carbocycles. The van der Waals surface area contributed by atoms with Crippen molar-refractivity contribution in [1.82, 2.24) is 5.32 Å². The van der Waals surface area contributed by atoms with Crippen LogP contribution in [0.1, 0.15) is 278 Å². The highest BCUT2D eigenvalue weighted by Crippen LogP contribution is 2.26. The molecule has 11 nitrogen and oxygen atoms in total. The van der Waals surface area contributed by atoms with Crippen LogP contribution in [0.25, 0.3) is 0 Å². The minimum Gasteiger partial charge on any atom is -0.454 e. The van der Waals surface area contributed by atoms with Crippen molar-refractivity contribution >= 4 is 11.9 Å². The number of ether oxygens (including phenoxy) is 3. The molecule has 72 heavy (non-hydrogen) atoms. The smallest absolute Gasteiger partial charge is 0.306 e. The van der Waals surface area contributed by atoms with E-state index in [1.54, 1.807) is 6.08 Å². The zero-order valence-corrected chi connectivity index (χ0v) is 46.6. The molecular formula is C61H113NO10. The van der Waals surface area contributed by atoms with Gasteiger partial charge in [-0.3, -0.25) is 9.59 Å². The van der Waals surface area contributed by atoms with E-state index in [1.165, 1.54) is 148 Å². The SMILES string of the molecule is CC/C=C/C/C=C/CCCCCCCCCC(=O)OC1C(OCC(NC(=O)C(O)CCCCCCCCCCCCCCCCCC)C(O)/C=C/CCCCCCCCCCCCC)OC(CO)C(O)C1O. The lowest BCUT2D eigenvalue weighted by atomic mass is 9.99. The number of esters is 1. The fourth-order valence-electron chi connectivity index (χ4n) is 9.51. The van der Waals surface area contributed by atoms with Crippen molar-refractivity contribution in [3.05, 3.63) is 36.5 Å². The summed E-state index contributed by atoms with van der Waals surface area (Å²) in [6, 6.07) is -1.02. The lowest BCUT2D eigenvalue weighted by Crippen LogP contribution is -2.61. The van der Waals surface area contributed by atoms with Gasteiger partial charge in [0.1, 0.15) is 24.4 Å². The van der Waals surface area contributed by atoms with Crippen LogP contribution in [-0.4, -0.2) is 99.6 Å². The Balaban J connectivity index is 2.71. The number of aliphatic hydroxyl groups is 5. The van der Waals surface area contributed by atoms with Gasteiger partial charge >= 0.3 is 5.97 Å². The van der Waals surface area contributed by atoms with E-state index < -0.39 is 67.4 Å². The second-order valence-electron chi connectivity index (χ2n) is 21.1. The third-order valence-electron chi connectivity index (χ3n) is 14.3. The van der Waals surface area contributed by atoms with E-state index in [-0.39, 0.29) is 13.0 Å². The highest BCUT2D eigenvalue weighted by molar-refractivity contribution is 5.80. The summed E-state index contributed by atoms with van der Waals surface area (Å²) in [5.41, 5.74) is 0. The van der Waals surface area contributed by atoms with Gasteiger partial charge in [-0.15, -0.1) is 0 Å². The van der Waals surface area contributed by atoms with E-state index >= 15 is 0 Å². The summed E-state index contributed by atoms with van der Waals surface area (Å²) < 4.78 is 17.6. The molecule has 1 amide bonds. The van der Waals surface area contributed by atoms with Gasteiger partial charge in [-0.2, -0.15) is 0 Å². The number of hydrogen-bond acceptors (Lipinski definition) is 10. The Morgan fingerprint density at radius 1 is 0.556 bits per heavy atom. The van der Waals surface area contributed by atoms with Gasteiger partial charge in [0.15, 0.2) is 12.4 Å². The number of amides is 1. The van der Waals surface area contributed by atoms with E-state index in [1.807, 2.05) is 6.08 Å². The van der Waals surface area contributed by atoms with Crippen molar-refractivity contribution in [2.75, 3.05) is 13.2 Å². The third-order valence-corrected chi connectivity index (χ3v) is 14.3. The summed E-state index contributed by atoms with van der Waals surface area (Å²) in [7, 11) is 0. The van der Waals surface area contributed by atoms with Crippen LogP contribution >= 0.6 is 0 Å². The molecule has 1 aliphatic heterocycles. The zero-order valence-electron chi connectivity index (χ0n) is 46.6. The first-order chi connectivity index (χ1) is 35.2. The van der Waals surface area contributed by atoms with E-state index in [0.717, 1.165) is 83.5 Å². The Bertz CT molecular complexity index is 1310. The summed E-state index contributed by atoms with van der Waals surface area (Å²) in [6.07, 6.45) is 47.5. The van der Waals surface area contributed by atoms with Crippen LogP contribution in [0.4, 0.5) is 0 Å². The number of nitrogens with one attached hydrogen (secondary N) is 1. The van der Waals surface area contributed by atoms with Crippen molar-refractivity contribution in [1.29, 1.82) is 0 Å². The molecule has 0 aromatic carbocycles. The molecule has 1 heterocycles. The summed E-state index contributed by atoms with van der Waals surface area (Å²) in [6.45, 7) is 5.69. The average Bonchev–Trinajstić information content (AvgIpc) is 3.38. The van der Waals surface area contributed by atoms with Gasteiger partial charge in [-0.05, 0) is 51.4 Å². The van der Waals surface area contributed by atoms with Crippen LogP contribution in [-0.2, 0) is 23.8 Å². The molecule has 1 fully saturated rings. The van der Waals surface area contributed by atoms with Gasteiger partial charge in [-0.25, -0.2) is 0 Å². The predicted molar refractivity (Wildman–Crippen MR) is 297 cm³/mol. The Hall–Kier alpha value is -2.12. The number of hydrogen-bond donors (Lipinski definition) is 6. The van der Waals surface area contributed by atoms with E-state index in [0.29, 0.717) is 19.3 Å². The summed E-state index contributed by atoms with van der Waals surface area (Å²) in [5.74, 6) is -1.19. The Morgan fingerprint density at radius 2 is 1.00 bits per heavy atom. The van der Waals surface area contributed by atoms with Crippen molar-refractivity contribution in [3.63, 3.8) is 0 Å². The Labute approximate surface area is 441 Å². The van der Waals surface area contributed by atoms with Crippen LogP contribution in [0.2, 0.25) is 0 Å². The summed E-state index contributed by atoms with van der Waals surface area (Å²) in [4.78, 5) is 26.5. The molecule has 422 valence electrons. The average molecular weight is 1020 g/mol. The predicted octanol–water partition coefficient (Wildman–Crippen LogP) is 13.9. The minimum atomic E-state index is -1.61. The molecule has 0 spiro atoms. The topological polar surface area (TPSA) is 175 Å². The number of carbonyl (C=O) groups excluding carboxylic acids is 2. The second-order valence-corrected chi connectivity index (χ2v) is 21.1. The molecule has 1 aliphatic rings. The molecule has 8 atom stereocenters. The molecule has 6 N–H and O–H groups in total.